The van der Waals surface area contributed by atoms with Crippen LogP contribution in [0.15, 0.2) is 40.8 Å². The van der Waals surface area contributed by atoms with E-state index in [-0.39, 0.29) is 68.4 Å². The highest BCUT2D eigenvalue weighted by molar-refractivity contribution is 6.42. The van der Waals surface area contributed by atoms with E-state index in [0.29, 0.717) is 12.8 Å². The van der Waals surface area contributed by atoms with Gasteiger partial charge in [-0.05, 0) is 37.8 Å². The summed E-state index contributed by atoms with van der Waals surface area (Å²) in [7, 11) is 2.81. The predicted octanol–water partition coefficient (Wildman–Crippen LogP) is 6.19. The van der Waals surface area contributed by atoms with E-state index in [4.69, 9.17) is 32.7 Å². The summed E-state index contributed by atoms with van der Waals surface area (Å²) in [4.78, 5) is 22.2. The molecule has 11 heteroatoms. The number of hydrogen-bond acceptors (Lipinski definition) is 5. The maximum Gasteiger partial charge on any atom is 0.246 e. The standard InChI is InChI=1S/C26H26Cl2F2N4O3/c1-5-20(35)34-13-6-7-14(34)11-15(10-13)37-25-19(36-4)12-18(31-2)21(24(25)30)26(32-3)33-17-9-8-16(27)22(28)23(17)29/h5,8-9,12-15H,1-2,6-7,10-11H2,3-4H3,(H,32,33). The summed E-state index contributed by atoms with van der Waals surface area (Å²) in [6, 6.07) is 4.23. The van der Waals surface area contributed by atoms with Gasteiger partial charge in [-0.1, -0.05) is 29.8 Å². The SMILES string of the molecule is C=CC(=O)N1C2CCC1CC(Oc1c(OC)cc(N=C)c(C(=NC)Nc3ccc(Cl)c(Cl)c3F)c1F)C2. The smallest absolute Gasteiger partial charge is 0.246 e. The first-order chi connectivity index (χ1) is 17.7. The number of carbonyl (C=O) groups is 1. The van der Waals surface area contributed by atoms with Gasteiger partial charge in [0.1, 0.15) is 11.9 Å². The molecule has 1 N–H and O–H groups in total. The zero-order valence-corrected chi connectivity index (χ0v) is 21.9. The van der Waals surface area contributed by atoms with E-state index < -0.39 is 11.6 Å². The third-order valence-electron chi connectivity index (χ3n) is 6.71. The van der Waals surface area contributed by atoms with Crippen molar-refractivity contribution in [2.45, 2.75) is 43.9 Å². The van der Waals surface area contributed by atoms with E-state index in [9.17, 15) is 9.18 Å². The lowest BCUT2D eigenvalue weighted by molar-refractivity contribution is -0.131. The fraction of sp³-hybridized carbons (Fsp3) is 0.346. The molecule has 0 spiro atoms. The maximum absolute atomic E-state index is 16.1. The summed E-state index contributed by atoms with van der Waals surface area (Å²) in [5.41, 5.74) is -0.0266. The molecule has 7 nitrogen and oxygen atoms in total. The Kier molecular flexibility index (Phi) is 8.04. The quantitative estimate of drug-likeness (QED) is 0.193. The average Bonchev–Trinajstić information content (AvgIpc) is 3.17. The number of aliphatic imine (C=N–C) groups is 2. The zero-order chi connectivity index (χ0) is 26.9. The Morgan fingerprint density at radius 3 is 2.46 bits per heavy atom. The summed E-state index contributed by atoms with van der Waals surface area (Å²) in [6.45, 7) is 7.12. The van der Waals surface area contributed by atoms with Gasteiger partial charge in [0, 0.05) is 38.0 Å². The van der Waals surface area contributed by atoms with Crippen LogP contribution in [0.2, 0.25) is 10.0 Å². The molecule has 2 bridgehead atoms. The minimum atomic E-state index is -0.815. The molecule has 2 aliphatic rings. The monoisotopic (exact) mass is 550 g/mol. The van der Waals surface area contributed by atoms with Crippen molar-refractivity contribution < 1.29 is 23.0 Å². The Hall–Kier alpha value is -3.17. The highest BCUT2D eigenvalue weighted by Crippen LogP contribution is 2.43. The van der Waals surface area contributed by atoms with E-state index in [1.54, 1.807) is 0 Å². The number of amidine groups is 1. The van der Waals surface area contributed by atoms with Gasteiger partial charge in [0.05, 0.1) is 34.1 Å². The third-order valence-corrected chi connectivity index (χ3v) is 7.49. The zero-order valence-electron chi connectivity index (χ0n) is 20.4. The van der Waals surface area contributed by atoms with Crippen molar-refractivity contribution in [3.8, 4) is 11.5 Å². The molecule has 1 amide bonds. The average molecular weight is 551 g/mol. The number of nitrogens with zero attached hydrogens (tertiary/aromatic N) is 3. The number of ether oxygens (including phenoxy) is 2. The fourth-order valence-electron chi connectivity index (χ4n) is 5.04. The van der Waals surface area contributed by atoms with Gasteiger partial charge in [0.25, 0.3) is 0 Å². The molecule has 2 aliphatic heterocycles. The Morgan fingerprint density at radius 1 is 1.22 bits per heavy atom. The molecular formula is C26H26Cl2F2N4O3. The van der Waals surface area contributed by atoms with Gasteiger partial charge in [0.15, 0.2) is 23.1 Å². The van der Waals surface area contributed by atoms with Gasteiger partial charge in [-0.15, -0.1) is 0 Å². The molecule has 0 radical (unpaired) electrons. The van der Waals surface area contributed by atoms with Crippen LogP contribution in [0.5, 0.6) is 11.5 Å². The van der Waals surface area contributed by atoms with E-state index in [0.717, 1.165) is 12.8 Å². The Bertz CT molecular complexity index is 1270. The Balaban J connectivity index is 1.69. The molecule has 0 saturated carbocycles. The van der Waals surface area contributed by atoms with Gasteiger partial charge in [-0.2, -0.15) is 0 Å². The first kappa shape index (κ1) is 26.9. The van der Waals surface area contributed by atoms with Gasteiger partial charge in [-0.25, -0.2) is 8.78 Å². The van der Waals surface area contributed by atoms with E-state index in [1.807, 2.05) is 4.90 Å². The molecule has 0 aromatic heterocycles. The van der Waals surface area contributed by atoms with Gasteiger partial charge < -0.3 is 19.7 Å². The normalized spacial score (nSPS) is 21.0. The summed E-state index contributed by atoms with van der Waals surface area (Å²) in [6.07, 6.45) is 3.74. The summed E-state index contributed by atoms with van der Waals surface area (Å²) in [5, 5.41) is 2.53. The van der Waals surface area contributed by atoms with Crippen molar-refractivity contribution in [1.29, 1.82) is 0 Å². The van der Waals surface area contributed by atoms with Crippen LogP contribution in [-0.2, 0) is 4.79 Å². The first-order valence-electron chi connectivity index (χ1n) is 11.6. The summed E-state index contributed by atoms with van der Waals surface area (Å²) >= 11 is 11.8. The molecule has 37 heavy (non-hydrogen) atoms. The Morgan fingerprint density at radius 2 is 1.89 bits per heavy atom. The number of methoxy groups -OCH3 is 1. The number of nitrogens with one attached hydrogen (secondary N) is 1. The number of piperidine rings is 1. The number of halogens is 4. The number of benzene rings is 2. The van der Waals surface area contributed by atoms with Gasteiger partial charge >= 0.3 is 0 Å². The topological polar surface area (TPSA) is 75.5 Å². The van der Waals surface area contributed by atoms with Gasteiger partial charge in [0.2, 0.25) is 5.91 Å². The summed E-state index contributed by atoms with van der Waals surface area (Å²) < 4.78 is 42.4. The summed E-state index contributed by atoms with van der Waals surface area (Å²) in [5.74, 6) is -1.76. The minimum Gasteiger partial charge on any atom is -0.493 e. The van der Waals surface area contributed by atoms with Crippen molar-refractivity contribution in [2.75, 3.05) is 19.5 Å². The number of fused-ring (bicyclic) bond motifs is 2. The number of rotatable bonds is 7. The predicted molar refractivity (Wildman–Crippen MR) is 142 cm³/mol. The largest absolute Gasteiger partial charge is 0.493 e. The Labute approximate surface area is 223 Å². The second-order valence-corrected chi connectivity index (χ2v) is 9.53. The molecule has 2 saturated heterocycles. The van der Waals surface area contributed by atoms with Crippen LogP contribution < -0.4 is 14.8 Å². The number of amides is 1. The molecule has 0 aliphatic carbocycles. The minimum absolute atomic E-state index is 0.0102. The number of hydrogen-bond donors (Lipinski definition) is 1. The molecule has 2 aromatic carbocycles. The van der Waals surface area contributed by atoms with E-state index in [2.05, 4.69) is 28.6 Å². The van der Waals surface area contributed by atoms with Crippen LogP contribution in [0, 0.1) is 11.6 Å². The molecular weight excluding hydrogens is 525 g/mol. The van der Waals surface area contributed by atoms with Crippen LogP contribution in [0.3, 0.4) is 0 Å². The van der Waals surface area contributed by atoms with Crippen LogP contribution in [-0.4, -0.2) is 55.7 Å². The van der Waals surface area contributed by atoms with Crippen molar-refractivity contribution >= 4 is 53.0 Å². The van der Waals surface area contributed by atoms with Crippen LogP contribution >= 0.6 is 23.2 Å². The number of carbonyl (C=O) groups excluding carboxylic acids is 1. The number of anilines is 1. The molecule has 2 atom stereocenters. The molecule has 2 unspecified atom stereocenters. The molecule has 2 aromatic rings. The molecule has 2 heterocycles. The van der Waals surface area contributed by atoms with Crippen LogP contribution in [0.1, 0.15) is 31.2 Å². The highest BCUT2D eigenvalue weighted by atomic mass is 35.5. The molecule has 2 fully saturated rings. The van der Waals surface area contributed by atoms with Gasteiger partial charge in [-0.3, -0.25) is 14.8 Å². The van der Waals surface area contributed by atoms with Crippen molar-refractivity contribution in [1.82, 2.24) is 4.90 Å². The van der Waals surface area contributed by atoms with E-state index in [1.165, 1.54) is 38.4 Å². The van der Waals surface area contributed by atoms with Crippen LogP contribution in [0.25, 0.3) is 0 Å². The molecule has 196 valence electrons. The maximum atomic E-state index is 16.1. The second-order valence-electron chi connectivity index (χ2n) is 8.74. The van der Waals surface area contributed by atoms with Crippen molar-refractivity contribution in [2.24, 2.45) is 9.98 Å². The van der Waals surface area contributed by atoms with Crippen LogP contribution in [0.4, 0.5) is 20.2 Å². The molecule has 4 rings (SSSR count). The lowest BCUT2D eigenvalue weighted by Crippen LogP contribution is -2.48. The fourth-order valence-corrected chi connectivity index (χ4v) is 5.35. The second kappa shape index (κ2) is 11.1. The highest BCUT2D eigenvalue weighted by Gasteiger charge is 2.43. The van der Waals surface area contributed by atoms with Crippen molar-refractivity contribution in [3.05, 3.63) is 58.1 Å². The third kappa shape index (κ3) is 5.02. The van der Waals surface area contributed by atoms with Crippen molar-refractivity contribution in [3.63, 3.8) is 0 Å². The lowest BCUT2D eigenvalue weighted by Gasteiger charge is -2.38. The first-order valence-corrected chi connectivity index (χ1v) is 12.4. The lowest BCUT2D eigenvalue weighted by atomic mass is 9.99. The van der Waals surface area contributed by atoms with E-state index >= 15 is 4.39 Å².